The van der Waals surface area contributed by atoms with Gasteiger partial charge in [-0.1, -0.05) is 37.3 Å². The largest absolute Gasteiger partial charge is 0.394 e. The van der Waals surface area contributed by atoms with Crippen LogP contribution in [0.2, 0.25) is 0 Å². The highest BCUT2D eigenvalue weighted by atomic mass is 32.2. The maximum absolute atomic E-state index is 10.7. The fourth-order valence-corrected chi connectivity index (χ4v) is 5.74. The van der Waals surface area contributed by atoms with Crippen molar-refractivity contribution in [2.24, 2.45) is 5.92 Å². The molecular weight excluding hydrogens is 332 g/mol. The van der Waals surface area contributed by atoms with E-state index in [4.69, 9.17) is 4.74 Å². The number of thioether (sulfide) groups is 2. The van der Waals surface area contributed by atoms with Crippen LogP contribution in [0.1, 0.15) is 18.9 Å². The van der Waals surface area contributed by atoms with Gasteiger partial charge in [-0.15, -0.1) is 23.5 Å². The van der Waals surface area contributed by atoms with E-state index in [-0.39, 0.29) is 5.92 Å². The van der Waals surface area contributed by atoms with Crippen LogP contribution in [-0.4, -0.2) is 56.3 Å². The molecule has 1 saturated heterocycles. The van der Waals surface area contributed by atoms with Gasteiger partial charge in [-0.05, 0) is 23.5 Å². The van der Waals surface area contributed by atoms with Crippen LogP contribution in [0.4, 0.5) is 0 Å². The molecule has 0 spiro atoms. The lowest BCUT2D eigenvalue weighted by Crippen LogP contribution is -2.46. The zero-order chi connectivity index (χ0) is 16.7. The molecule has 1 aliphatic rings. The van der Waals surface area contributed by atoms with Crippen molar-refractivity contribution in [1.29, 1.82) is 0 Å². The van der Waals surface area contributed by atoms with Crippen molar-refractivity contribution < 1.29 is 20.1 Å². The molecule has 4 atom stereocenters. The van der Waals surface area contributed by atoms with E-state index in [1.54, 1.807) is 0 Å². The van der Waals surface area contributed by atoms with E-state index in [2.05, 4.69) is 0 Å². The maximum Gasteiger partial charge on any atom is 0.112 e. The number of hydrogen-bond acceptors (Lipinski definition) is 6. The molecule has 0 aliphatic carbocycles. The average Bonchev–Trinajstić information content (AvgIpc) is 2.62. The van der Waals surface area contributed by atoms with E-state index in [9.17, 15) is 15.3 Å². The van der Waals surface area contributed by atoms with E-state index in [1.165, 1.54) is 6.42 Å². The molecule has 23 heavy (non-hydrogen) atoms. The van der Waals surface area contributed by atoms with Gasteiger partial charge < -0.3 is 20.1 Å². The molecule has 1 aliphatic heterocycles. The van der Waals surface area contributed by atoms with Crippen molar-refractivity contribution in [2.75, 3.05) is 18.1 Å². The third kappa shape index (κ3) is 5.66. The average molecular weight is 359 g/mol. The first-order valence-corrected chi connectivity index (χ1v) is 10.1. The lowest BCUT2D eigenvalue weighted by molar-refractivity contribution is -0.130. The molecule has 1 fully saturated rings. The van der Waals surface area contributed by atoms with Gasteiger partial charge in [0, 0.05) is 5.92 Å². The molecule has 4 nitrogen and oxygen atoms in total. The third-order valence-corrected chi connectivity index (χ3v) is 7.39. The van der Waals surface area contributed by atoms with Crippen LogP contribution in [0, 0.1) is 5.92 Å². The van der Waals surface area contributed by atoms with Crippen LogP contribution in [0.5, 0.6) is 0 Å². The second-order valence-corrected chi connectivity index (χ2v) is 8.62. The van der Waals surface area contributed by atoms with Gasteiger partial charge >= 0.3 is 0 Å². The summed E-state index contributed by atoms with van der Waals surface area (Å²) in [5.41, 5.74) is 0.976. The number of aliphatic hydroxyl groups is 3. The summed E-state index contributed by atoms with van der Waals surface area (Å²) in [7, 11) is 0. The summed E-state index contributed by atoms with van der Waals surface area (Å²) in [4.78, 5) is 0. The molecule has 2 rings (SSSR count). The lowest BCUT2D eigenvalue weighted by atomic mass is 9.97. The first-order valence-electron chi connectivity index (χ1n) is 7.99. The van der Waals surface area contributed by atoms with Crippen LogP contribution < -0.4 is 0 Å². The summed E-state index contributed by atoms with van der Waals surface area (Å²) < 4.78 is 6.07. The first-order chi connectivity index (χ1) is 11.1. The van der Waals surface area contributed by atoms with Crippen molar-refractivity contribution in [1.82, 2.24) is 0 Å². The van der Waals surface area contributed by atoms with Crippen LogP contribution in [0.15, 0.2) is 30.3 Å². The number of hydrogen-bond donors (Lipinski definition) is 3. The summed E-state index contributed by atoms with van der Waals surface area (Å²) in [5.74, 6) is 2.19. The molecule has 0 aromatic heterocycles. The smallest absolute Gasteiger partial charge is 0.112 e. The normalized spacial score (nSPS) is 21.6. The molecule has 0 bridgehead atoms. The van der Waals surface area contributed by atoms with Crippen LogP contribution in [0.3, 0.4) is 0 Å². The zero-order valence-electron chi connectivity index (χ0n) is 13.4. The Labute approximate surface area is 146 Å². The minimum atomic E-state index is -1.09. The Bertz CT molecular complexity index is 439. The second kappa shape index (κ2) is 9.91. The quantitative estimate of drug-likeness (QED) is 0.661. The fourth-order valence-electron chi connectivity index (χ4n) is 2.58. The Morgan fingerprint density at radius 3 is 2.43 bits per heavy atom. The molecule has 1 aromatic rings. The van der Waals surface area contributed by atoms with Crippen molar-refractivity contribution >= 4 is 23.5 Å². The first kappa shape index (κ1) is 19.1. The highest BCUT2D eigenvalue weighted by Gasteiger charge is 2.36. The van der Waals surface area contributed by atoms with Gasteiger partial charge in [-0.2, -0.15) is 0 Å². The predicted molar refractivity (Wildman–Crippen MR) is 96.6 cm³/mol. The zero-order valence-corrected chi connectivity index (χ0v) is 15.0. The molecule has 1 heterocycles. The number of aliphatic hydroxyl groups excluding tert-OH is 3. The Hall–Kier alpha value is -0.240. The summed E-state index contributed by atoms with van der Waals surface area (Å²) in [5, 5.41) is 30.0. The SMILES string of the molecule is C[C@@H](C1SCCCS1)[C@H](O)[C@@H](OCc1ccccc1)[C@H](O)CO. The lowest BCUT2D eigenvalue weighted by Gasteiger charge is -2.35. The molecular formula is C17H26O4S2. The predicted octanol–water partition coefficient (Wildman–Crippen LogP) is 2.12. The van der Waals surface area contributed by atoms with Gasteiger partial charge in [0.1, 0.15) is 12.2 Å². The molecule has 0 saturated carbocycles. The number of ether oxygens (including phenoxy) is 1. The fraction of sp³-hybridized carbons (Fsp3) is 0.647. The number of benzene rings is 1. The summed E-state index contributed by atoms with van der Waals surface area (Å²) >= 11 is 3.71. The standard InChI is InChI=1S/C17H26O4S2/c1-12(17-22-8-5-9-23-17)15(20)16(14(19)10-18)21-11-13-6-3-2-4-7-13/h2-4,6-7,12,14-20H,5,8-11H2,1H3/t12-,14-,15+,16+/m1/s1. The van der Waals surface area contributed by atoms with E-state index >= 15 is 0 Å². The van der Waals surface area contributed by atoms with Crippen LogP contribution in [0.25, 0.3) is 0 Å². The van der Waals surface area contributed by atoms with E-state index < -0.39 is 24.9 Å². The Kier molecular flexibility index (Phi) is 8.23. The highest BCUT2D eigenvalue weighted by Crippen LogP contribution is 2.38. The van der Waals surface area contributed by atoms with Gasteiger partial charge in [-0.3, -0.25) is 0 Å². The summed E-state index contributed by atoms with van der Waals surface area (Å²) in [6.07, 6.45) is -1.50. The van der Waals surface area contributed by atoms with Crippen molar-refractivity contribution in [2.45, 2.75) is 42.8 Å². The van der Waals surface area contributed by atoms with E-state index in [1.807, 2.05) is 60.8 Å². The van der Waals surface area contributed by atoms with Gasteiger partial charge in [0.15, 0.2) is 0 Å². The monoisotopic (exact) mass is 358 g/mol. The maximum atomic E-state index is 10.7. The Morgan fingerprint density at radius 1 is 1.17 bits per heavy atom. The molecule has 0 unspecified atom stereocenters. The highest BCUT2D eigenvalue weighted by molar-refractivity contribution is 8.17. The second-order valence-electron chi connectivity index (χ2n) is 5.82. The van der Waals surface area contributed by atoms with Crippen molar-refractivity contribution in [3.05, 3.63) is 35.9 Å². The molecule has 1 aromatic carbocycles. The molecule has 130 valence electrons. The van der Waals surface area contributed by atoms with Crippen LogP contribution >= 0.6 is 23.5 Å². The van der Waals surface area contributed by atoms with E-state index in [0.717, 1.165) is 17.1 Å². The molecule has 0 amide bonds. The minimum Gasteiger partial charge on any atom is -0.394 e. The molecule has 3 N–H and O–H groups in total. The number of rotatable bonds is 8. The van der Waals surface area contributed by atoms with Gasteiger partial charge in [0.2, 0.25) is 0 Å². The van der Waals surface area contributed by atoms with Crippen molar-refractivity contribution in [3.8, 4) is 0 Å². The van der Waals surface area contributed by atoms with Crippen LogP contribution in [-0.2, 0) is 11.3 Å². The topological polar surface area (TPSA) is 69.9 Å². The van der Waals surface area contributed by atoms with Gasteiger partial charge in [-0.25, -0.2) is 0 Å². The minimum absolute atomic E-state index is 0.0210. The molecule has 6 heteroatoms. The Morgan fingerprint density at radius 2 is 1.83 bits per heavy atom. The Balaban J connectivity index is 1.98. The summed E-state index contributed by atoms with van der Waals surface area (Å²) in [6.45, 7) is 1.87. The van der Waals surface area contributed by atoms with E-state index in [0.29, 0.717) is 11.2 Å². The third-order valence-electron chi connectivity index (χ3n) is 4.01. The summed E-state index contributed by atoms with van der Waals surface area (Å²) in [6, 6.07) is 9.64. The van der Waals surface area contributed by atoms with Gasteiger partial charge in [0.25, 0.3) is 0 Å². The van der Waals surface area contributed by atoms with Crippen molar-refractivity contribution in [3.63, 3.8) is 0 Å². The van der Waals surface area contributed by atoms with Gasteiger partial charge in [0.05, 0.1) is 23.9 Å². The molecule has 0 radical (unpaired) electrons.